The van der Waals surface area contributed by atoms with Crippen LogP contribution in [0.4, 0.5) is 18.9 Å². The molecule has 0 aliphatic heterocycles. The van der Waals surface area contributed by atoms with Gasteiger partial charge in [0.15, 0.2) is 0 Å². The largest absolute Gasteiger partial charge is 0.573 e. The normalized spacial score (nSPS) is 12.0. The molecular formula is C14H12F3NO4S. The lowest BCUT2D eigenvalue weighted by Crippen LogP contribution is -2.17. The molecule has 0 unspecified atom stereocenters. The van der Waals surface area contributed by atoms with Crippen LogP contribution in [0.25, 0.3) is 0 Å². The lowest BCUT2D eigenvalue weighted by atomic mass is 10.2. The first-order chi connectivity index (χ1) is 10.6. The fourth-order valence-electron chi connectivity index (χ4n) is 1.80. The van der Waals surface area contributed by atoms with Gasteiger partial charge in [0, 0.05) is 6.07 Å². The molecule has 0 aliphatic carbocycles. The zero-order chi connectivity index (χ0) is 17.3. The molecule has 0 aromatic heterocycles. The van der Waals surface area contributed by atoms with E-state index in [2.05, 4.69) is 9.46 Å². The number of aryl methyl sites for hydroxylation is 1. The van der Waals surface area contributed by atoms with E-state index in [4.69, 9.17) is 0 Å². The highest BCUT2D eigenvalue weighted by atomic mass is 32.2. The number of phenols is 1. The fourth-order valence-corrected chi connectivity index (χ4v) is 3.04. The Morgan fingerprint density at radius 3 is 2.48 bits per heavy atom. The molecule has 0 spiro atoms. The lowest BCUT2D eigenvalue weighted by molar-refractivity contribution is -0.274. The molecule has 0 bridgehead atoms. The van der Waals surface area contributed by atoms with Crippen LogP contribution in [-0.4, -0.2) is 19.9 Å². The van der Waals surface area contributed by atoms with Crippen LogP contribution >= 0.6 is 0 Å². The van der Waals surface area contributed by atoms with E-state index in [0.29, 0.717) is 5.56 Å². The average molecular weight is 347 g/mol. The van der Waals surface area contributed by atoms with E-state index < -0.39 is 27.9 Å². The number of sulfonamides is 1. The van der Waals surface area contributed by atoms with Crippen LogP contribution in [0.15, 0.2) is 47.4 Å². The molecule has 0 atom stereocenters. The van der Waals surface area contributed by atoms with E-state index >= 15 is 0 Å². The number of phenolic OH excluding ortho intramolecular Hbond substituents is 1. The summed E-state index contributed by atoms with van der Waals surface area (Å²) < 4.78 is 66.8. The summed E-state index contributed by atoms with van der Waals surface area (Å²) in [7, 11) is -4.16. The van der Waals surface area contributed by atoms with E-state index in [0.717, 1.165) is 12.1 Å². The fraction of sp³-hybridized carbons (Fsp3) is 0.143. The van der Waals surface area contributed by atoms with Gasteiger partial charge in [-0.3, -0.25) is 4.72 Å². The number of hydrogen-bond acceptors (Lipinski definition) is 4. The molecule has 0 saturated heterocycles. The van der Waals surface area contributed by atoms with Gasteiger partial charge in [-0.15, -0.1) is 13.2 Å². The SMILES string of the molecule is Cc1ccc(O)c(S(=O)(=O)Nc2cccc(OC(F)(F)F)c2)c1. The Kier molecular flexibility index (Phi) is 4.42. The Hall–Kier alpha value is -2.42. The van der Waals surface area contributed by atoms with Crippen molar-refractivity contribution in [3.05, 3.63) is 48.0 Å². The molecule has 0 aliphatic rings. The van der Waals surface area contributed by atoms with Crippen LogP contribution < -0.4 is 9.46 Å². The summed E-state index contributed by atoms with van der Waals surface area (Å²) in [5, 5.41) is 9.66. The summed E-state index contributed by atoms with van der Waals surface area (Å²) in [5.41, 5.74) is 0.463. The van der Waals surface area contributed by atoms with Gasteiger partial charge in [-0.05, 0) is 36.8 Å². The molecule has 0 fully saturated rings. The Balaban J connectivity index is 2.31. The van der Waals surface area contributed by atoms with Gasteiger partial charge in [0.05, 0.1) is 5.69 Å². The van der Waals surface area contributed by atoms with Gasteiger partial charge >= 0.3 is 6.36 Å². The van der Waals surface area contributed by atoms with Gasteiger partial charge in [0.25, 0.3) is 10.0 Å². The van der Waals surface area contributed by atoms with Crippen molar-refractivity contribution in [1.29, 1.82) is 0 Å². The molecule has 2 rings (SSSR count). The Bertz CT molecular complexity index is 819. The number of halogens is 3. The van der Waals surface area contributed by atoms with Crippen molar-refractivity contribution in [2.24, 2.45) is 0 Å². The number of nitrogens with one attached hydrogen (secondary N) is 1. The predicted molar refractivity (Wildman–Crippen MR) is 76.8 cm³/mol. The molecule has 124 valence electrons. The summed E-state index contributed by atoms with van der Waals surface area (Å²) in [5.74, 6) is -1.03. The van der Waals surface area contributed by atoms with Crippen molar-refractivity contribution in [3.63, 3.8) is 0 Å². The third-order valence-electron chi connectivity index (χ3n) is 2.72. The van der Waals surface area contributed by atoms with E-state index in [9.17, 15) is 26.7 Å². The van der Waals surface area contributed by atoms with Crippen molar-refractivity contribution in [2.75, 3.05) is 4.72 Å². The Labute approximate surface area is 130 Å². The van der Waals surface area contributed by atoms with Gasteiger partial charge in [-0.2, -0.15) is 0 Å². The van der Waals surface area contributed by atoms with E-state index in [1.54, 1.807) is 6.92 Å². The number of rotatable bonds is 4. The van der Waals surface area contributed by atoms with Crippen LogP contribution in [-0.2, 0) is 10.0 Å². The third kappa shape index (κ3) is 4.52. The summed E-state index contributed by atoms with van der Waals surface area (Å²) in [6.07, 6.45) is -4.88. The molecule has 0 amide bonds. The van der Waals surface area contributed by atoms with E-state index in [-0.39, 0.29) is 10.6 Å². The van der Waals surface area contributed by atoms with Crippen LogP contribution in [0.5, 0.6) is 11.5 Å². The van der Waals surface area contributed by atoms with Crippen LogP contribution in [0, 0.1) is 6.92 Å². The highest BCUT2D eigenvalue weighted by Gasteiger charge is 2.31. The molecule has 0 heterocycles. The molecular weight excluding hydrogens is 335 g/mol. The predicted octanol–water partition coefficient (Wildman–Crippen LogP) is 3.40. The van der Waals surface area contributed by atoms with E-state index in [1.165, 1.54) is 30.3 Å². The first-order valence-electron chi connectivity index (χ1n) is 6.25. The van der Waals surface area contributed by atoms with Gasteiger partial charge in [0.1, 0.15) is 16.4 Å². The second-order valence-corrected chi connectivity index (χ2v) is 6.30. The maximum atomic E-state index is 12.2. The minimum Gasteiger partial charge on any atom is -0.507 e. The maximum absolute atomic E-state index is 12.2. The standard InChI is InChI=1S/C14H12F3NO4S/c1-9-5-6-12(19)13(7-9)23(20,21)18-10-3-2-4-11(8-10)22-14(15,16)17/h2-8,18-19H,1H3. The van der Waals surface area contributed by atoms with Crippen LogP contribution in [0.2, 0.25) is 0 Å². The molecule has 5 nitrogen and oxygen atoms in total. The van der Waals surface area contributed by atoms with Crippen LogP contribution in [0.3, 0.4) is 0 Å². The topological polar surface area (TPSA) is 75.6 Å². The Morgan fingerprint density at radius 2 is 1.83 bits per heavy atom. The number of hydrogen-bond donors (Lipinski definition) is 2. The average Bonchev–Trinajstić information content (AvgIpc) is 2.39. The lowest BCUT2D eigenvalue weighted by Gasteiger charge is -2.12. The number of alkyl halides is 3. The highest BCUT2D eigenvalue weighted by molar-refractivity contribution is 7.92. The zero-order valence-electron chi connectivity index (χ0n) is 11.8. The van der Waals surface area contributed by atoms with E-state index in [1.807, 2.05) is 0 Å². The van der Waals surface area contributed by atoms with Crippen molar-refractivity contribution in [1.82, 2.24) is 0 Å². The summed E-state index contributed by atoms with van der Waals surface area (Å²) in [4.78, 5) is -0.375. The molecule has 23 heavy (non-hydrogen) atoms. The third-order valence-corrected chi connectivity index (χ3v) is 4.14. The molecule has 2 aromatic carbocycles. The molecule has 0 saturated carbocycles. The number of benzene rings is 2. The number of aromatic hydroxyl groups is 1. The maximum Gasteiger partial charge on any atom is 0.573 e. The van der Waals surface area contributed by atoms with Gasteiger partial charge < -0.3 is 9.84 Å². The van der Waals surface area contributed by atoms with Crippen LogP contribution in [0.1, 0.15) is 5.56 Å². The highest BCUT2D eigenvalue weighted by Crippen LogP contribution is 2.28. The minimum atomic E-state index is -4.88. The zero-order valence-corrected chi connectivity index (χ0v) is 12.6. The summed E-state index contributed by atoms with van der Waals surface area (Å²) in [6, 6.07) is 8.36. The second-order valence-electron chi connectivity index (χ2n) is 4.65. The van der Waals surface area contributed by atoms with Gasteiger partial charge in [-0.25, -0.2) is 8.42 Å². The van der Waals surface area contributed by atoms with Crippen molar-refractivity contribution in [2.45, 2.75) is 18.2 Å². The number of ether oxygens (including phenoxy) is 1. The van der Waals surface area contributed by atoms with Gasteiger partial charge in [-0.1, -0.05) is 12.1 Å². The molecule has 9 heteroatoms. The number of anilines is 1. The Morgan fingerprint density at radius 1 is 1.13 bits per heavy atom. The monoisotopic (exact) mass is 347 g/mol. The molecule has 0 radical (unpaired) electrons. The first kappa shape index (κ1) is 16.9. The summed E-state index contributed by atoms with van der Waals surface area (Å²) >= 11 is 0. The molecule has 2 N–H and O–H groups in total. The van der Waals surface area contributed by atoms with Crippen molar-refractivity contribution in [3.8, 4) is 11.5 Å². The minimum absolute atomic E-state index is 0.132. The van der Waals surface area contributed by atoms with Crippen molar-refractivity contribution >= 4 is 15.7 Å². The summed E-state index contributed by atoms with van der Waals surface area (Å²) in [6.45, 7) is 1.64. The quantitative estimate of drug-likeness (QED) is 0.889. The second kappa shape index (κ2) is 5.99. The first-order valence-corrected chi connectivity index (χ1v) is 7.73. The van der Waals surface area contributed by atoms with Gasteiger partial charge in [0.2, 0.25) is 0 Å². The smallest absolute Gasteiger partial charge is 0.507 e. The van der Waals surface area contributed by atoms with Crippen molar-refractivity contribution < 1.29 is 31.4 Å². The molecule has 2 aromatic rings.